The van der Waals surface area contributed by atoms with Crippen molar-refractivity contribution < 1.29 is 28.0 Å². The Hall–Kier alpha value is -1.24. The standard InChI is InChI=1S/C31H56NO6P/c1-5-7-8-9-10-11-12-13-14-15-16-22-36-31-20-17-19-28(26-31)24-29(25-30(33)6-2)27-38-39(34,35)37-23-18-21-32(3)4/h17,19-20,26,29H,5-16,18,21-25,27H2,1-4H3,(H,34,35). The molecule has 0 fully saturated rings. The van der Waals surface area contributed by atoms with Crippen LogP contribution in [0.2, 0.25) is 0 Å². The average molecular weight is 570 g/mol. The molecule has 39 heavy (non-hydrogen) atoms. The Balaban J connectivity index is 2.40. The molecule has 226 valence electrons. The number of hydrogen-bond acceptors (Lipinski definition) is 6. The van der Waals surface area contributed by atoms with Crippen molar-refractivity contribution >= 4 is 13.6 Å². The summed E-state index contributed by atoms with van der Waals surface area (Å²) in [5.41, 5.74) is 1.02. The summed E-state index contributed by atoms with van der Waals surface area (Å²) in [5, 5.41) is 0. The number of phosphoric acid groups is 1. The van der Waals surface area contributed by atoms with Gasteiger partial charge in [-0.2, -0.15) is 0 Å². The van der Waals surface area contributed by atoms with Gasteiger partial charge in [0, 0.05) is 12.8 Å². The molecule has 0 heterocycles. The summed E-state index contributed by atoms with van der Waals surface area (Å²) >= 11 is 0. The summed E-state index contributed by atoms with van der Waals surface area (Å²) in [5.74, 6) is 0.704. The number of rotatable bonds is 26. The summed E-state index contributed by atoms with van der Waals surface area (Å²) in [6.07, 6.45) is 16.2. The second-order valence-electron chi connectivity index (χ2n) is 11.0. The second kappa shape index (κ2) is 22.4. The van der Waals surface area contributed by atoms with Crippen LogP contribution < -0.4 is 4.74 Å². The predicted octanol–water partition coefficient (Wildman–Crippen LogP) is 7.99. The number of ether oxygens (including phenoxy) is 1. The fraction of sp³-hybridized carbons (Fsp3) is 0.774. The molecule has 0 radical (unpaired) electrons. The van der Waals surface area contributed by atoms with Crippen LogP contribution in [0.15, 0.2) is 24.3 Å². The molecule has 2 atom stereocenters. The van der Waals surface area contributed by atoms with E-state index in [-0.39, 0.29) is 24.9 Å². The first-order valence-corrected chi connectivity index (χ1v) is 16.7. The average Bonchev–Trinajstić information content (AvgIpc) is 2.90. The molecule has 1 rings (SSSR count). The van der Waals surface area contributed by atoms with Crippen LogP contribution in [-0.2, 0) is 24.8 Å². The highest BCUT2D eigenvalue weighted by molar-refractivity contribution is 7.47. The van der Waals surface area contributed by atoms with Gasteiger partial charge in [0.15, 0.2) is 0 Å². The molecule has 8 heteroatoms. The molecule has 7 nitrogen and oxygen atoms in total. The first-order chi connectivity index (χ1) is 18.8. The second-order valence-corrected chi connectivity index (χ2v) is 12.4. The van der Waals surface area contributed by atoms with Gasteiger partial charge >= 0.3 is 7.82 Å². The molecule has 0 aliphatic carbocycles. The minimum atomic E-state index is -4.16. The zero-order valence-electron chi connectivity index (χ0n) is 25.2. The van der Waals surface area contributed by atoms with Crippen molar-refractivity contribution in [3.63, 3.8) is 0 Å². The lowest BCUT2D eigenvalue weighted by atomic mass is 9.94. The molecule has 0 aliphatic heterocycles. The van der Waals surface area contributed by atoms with Crippen LogP contribution in [0.1, 0.15) is 109 Å². The fourth-order valence-electron chi connectivity index (χ4n) is 4.51. The monoisotopic (exact) mass is 569 g/mol. The lowest BCUT2D eigenvalue weighted by Gasteiger charge is -2.19. The van der Waals surface area contributed by atoms with Gasteiger partial charge in [0.05, 0.1) is 19.8 Å². The Morgan fingerprint density at radius 3 is 2.15 bits per heavy atom. The third-order valence-electron chi connectivity index (χ3n) is 6.83. The minimum absolute atomic E-state index is 0.0168. The molecule has 0 aliphatic rings. The van der Waals surface area contributed by atoms with E-state index in [1.54, 1.807) is 0 Å². The SMILES string of the molecule is CCCCCCCCCCCCCOc1cccc(CC(COP(=O)(O)OCCCN(C)C)CC(=O)CC)c1. The van der Waals surface area contributed by atoms with Crippen molar-refractivity contribution in [2.45, 2.75) is 110 Å². The molecule has 1 aromatic rings. The predicted molar refractivity (Wildman–Crippen MR) is 160 cm³/mol. The first kappa shape index (κ1) is 35.8. The van der Waals surface area contributed by atoms with Gasteiger partial charge in [0.1, 0.15) is 11.5 Å². The number of ketones is 1. The van der Waals surface area contributed by atoms with Gasteiger partial charge in [0.25, 0.3) is 0 Å². The van der Waals surface area contributed by atoms with Crippen LogP contribution >= 0.6 is 7.82 Å². The molecule has 0 saturated heterocycles. The number of unbranched alkanes of at least 4 members (excludes halogenated alkanes) is 10. The van der Waals surface area contributed by atoms with Gasteiger partial charge in [-0.1, -0.05) is 90.2 Å². The quantitative estimate of drug-likeness (QED) is 0.0894. The number of hydrogen-bond donors (Lipinski definition) is 1. The molecule has 0 spiro atoms. The van der Waals surface area contributed by atoms with Gasteiger partial charge in [-0.15, -0.1) is 0 Å². The maximum absolute atomic E-state index is 12.3. The third kappa shape index (κ3) is 20.3. The Labute approximate surface area is 238 Å². The van der Waals surface area contributed by atoms with Crippen molar-refractivity contribution in [3.8, 4) is 5.75 Å². The van der Waals surface area contributed by atoms with E-state index in [0.717, 1.165) is 24.3 Å². The van der Waals surface area contributed by atoms with Gasteiger partial charge < -0.3 is 14.5 Å². The van der Waals surface area contributed by atoms with E-state index in [2.05, 4.69) is 6.92 Å². The lowest BCUT2D eigenvalue weighted by Crippen LogP contribution is -2.17. The van der Waals surface area contributed by atoms with Crippen LogP contribution in [0, 0.1) is 5.92 Å². The number of carbonyl (C=O) groups excluding carboxylic acids is 1. The maximum Gasteiger partial charge on any atom is 0.472 e. The topological polar surface area (TPSA) is 85.3 Å². The van der Waals surface area contributed by atoms with Crippen molar-refractivity contribution in [3.05, 3.63) is 29.8 Å². The maximum atomic E-state index is 12.3. The summed E-state index contributed by atoms with van der Waals surface area (Å²) < 4.78 is 28.7. The van der Waals surface area contributed by atoms with Gasteiger partial charge in [0.2, 0.25) is 0 Å². The number of phosphoric ester groups is 1. The molecule has 0 bridgehead atoms. The normalized spacial score (nSPS) is 13.9. The van der Waals surface area contributed by atoms with E-state index in [1.807, 2.05) is 50.2 Å². The Kier molecular flexibility index (Phi) is 20.6. The van der Waals surface area contributed by atoms with Gasteiger partial charge in [-0.25, -0.2) is 4.57 Å². The van der Waals surface area contributed by atoms with Crippen molar-refractivity contribution in [1.29, 1.82) is 0 Å². The summed E-state index contributed by atoms with van der Waals surface area (Å²) in [7, 11) is -0.297. The Morgan fingerprint density at radius 1 is 0.897 bits per heavy atom. The highest BCUT2D eigenvalue weighted by atomic mass is 31.2. The van der Waals surface area contributed by atoms with Crippen LogP contribution in [0.3, 0.4) is 0 Å². The highest BCUT2D eigenvalue weighted by Crippen LogP contribution is 2.44. The van der Waals surface area contributed by atoms with E-state index in [9.17, 15) is 14.3 Å². The van der Waals surface area contributed by atoms with Crippen LogP contribution in [0.5, 0.6) is 5.75 Å². The van der Waals surface area contributed by atoms with Crippen LogP contribution in [0.25, 0.3) is 0 Å². The molecule has 0 saturated carbocycles. The molecule has 0 aromatic heterocycles. The lowest BCUT2D eigenvalue weighted by molar-refractivity contribution is -0.120. The van der Waals surface area contributed by atoms with Crippen molar-refractivity contribution in [1.82, 2.24) is 4.90 Å². The minimum Gasteiger partial charge on any atom is -0.494 e. The van der Waals surface area contributed by atoms with E-state index in [0.29, 0.717) is 32.3 Å². The van der Waals surface area contributed by atoms with E-state index >= 15 is 0 Å². The zero-order chi connectivity index (χ0) is 28.8. The highest BCUT2D eigenvalue weighted by Gasteiger charge is 2.24. The van der Waals surface area contributed by atoms with E-state index < -0.39 is 7.82 Å². The Morgan fingerprint density at radius 2 is 1.54 bits per heavy atom. The summed E-state index contributed by atoms with van der Waals surface area (Å²) in [6.45, 7) is 5.66. The number of benzene rings is 1. The van der Waals surface area contributed by atoms with Gasteiger partial charge in [-0.05, 0) is 63.5 Å². The molecular formula is C31H56NO6P. The van der Waals surface area contributed by atoms with Gasteiger partial charge in [-0.3, -0.25) is 13.8 Å². The molecule has 1 N–H and O–H groups in total. The summed E-state index contributed by atoms with van der Waals surface area (Å²) in [4.78, 5) is 24.2. The van der Waals surface area contributed by atoms with Crippen LogP contribution in [-0.4, -0.2) is 56.0 Å². The van der Waals surface area contributed by atoms with Crippen molar-refractivity contribution in [2.75, 3.05) is 40.5 Å². The number of carbonyl (C=O) groups is 1. The molecular weight excluding hydrogens is 513 g/mol. The largest absolute Gasteiger partial charge is 0.494 e. The van der Waals surface area contributed by atoms with E-state index in [4.69, 9.17) is 13.8 Å². The first-order valence-electron chi connectivity index (χ1n) is 15.3. The smallest absolute Gasteiger partial charge is 0.472 e. The number of nitrogens with zero attached hydrogens (tertiary/aromatic N) is 1. The number of Topliss-reactive ketones (excluding diaryl/α,β-unsaturated/α-hetero) is 1. The van der Waals surface area contributed by atoms with Crippen molar-refractivity contribution in [2.24, 2.45) is 5.92 Å². The molecule has 1 aromatic carbocycles. The molecule has 2 unspecified atom stereocenters. The Bertz CT molecular complexity index is 803. The molecule has 0 amide bonds. The fourth-order valence-corrected chi connectivity index (χ4v) is 5.34. The summed E-state index contributed by atoms with van der Waals surface area (Å²) in [6, 6.07) is 7.90. The van der Waals surface area contributed by atoms with Crippen LogP contribution in [0.4, 0.5) is 0 Å². The van der Waals surface area contributed by atoms with E-state index in [1.165, 1.54) is 64.2 Å². The zero-order valence-corrected chi connectivity index (χ0v) is 26.1. The third-order valence-corrected chi connectivity index (χ3v) is 7.81.